The van der Waals surface area contributed by atoms with Gasteiger partial charge in [0, 0.05) is 6.08 Å². The Morgan fingerprint density at radius 3 is 2.93 bits per heavy atom. The number of carbonyl (C=O) groups is 1. The fourth-order valence-electron chi connectivity index (χ4n) is 0.982. The van der Waals surface area contributed by atoms with Crippen LogP contribution >= 0.6 is 24.0 Å². The highest BCUT2D eigenvalue weighted by molar-refractivity contribution is 8.26. The molecule has 0 saturated carbocycles. The number of nitrogens with zero attached hydrogens (tertiary/aromatic N) is 1. The van der Waals surface area contributed by atoms with Gasteiger partial charge in [-0.3, -0.25) is 4.79 Å². The fraction of sp³-hybridized carbons (Fsp3) is 0. The van der Waals surface area contributed by atoms with Crippen molar-refractivity contribution in [2.75, 3.05) is 0 Å². The molecule has 14 heavy (non-hydrogen) atoms. The molecule has 0 bridgehead atoms. The zero-order valence-electron chi connectivity index (χ0n) is 6.97. The molecule has 1 fully saturated rings. The molecule has 0 aromatic carbocycles. The quantitative estimate of drug-likeness (QED) is 0.339. The van der Waals surface area contributed by atoms with E-state index in [1.807, 2.05) is 0 Å². The van der Waals surface area contributed by atoms with Gasteiger partial charge in [0.05, 0.1) is 11.2 Å². The van der Waals surface area contributed by atoms with Crippen molar-refractivity contribution in [3.8, 4) is 0 Å². The third kappa shape index (κ3) is 1.59. The van der Waals surface area contributed by atoms with Crippen LogP contribution in [0, 0.1) is 0 Å². The first-order valence-corrected chi connectivity index (χ1v) is 4.97. The highest BCUT2D eigenvalue weighted by atomic mass is 32.2. The number of hydrazine groups is 1. The zero-order valence-corrected chi connectivity index (χ0v) is 8.60. The van der Waals surface area contributed by atoms with E-state index in [1.54, 1.807) is 18.2 Å². The number of thiocarbonyl (C=S) groups is 1. The molecule has 2 N–H and O–H groups in total. The zero-order chi connectivity index (χ0) is 10.1. The van der Waals surface area contributed by atoms with Crippen molar-refractivity contribution >= 4 is 40.3 Å². The molecule has 0 radical (unpaired) electrons. The van der Waals surface area contributed by atoms with Crippen LogP contribution in [-0.2, 0) is 4.79 Å². The number of furan rings is 1. The highest BCUT2D eigenvalue weighted by Crippen LogP contribution is 2.30. The van der Waals surface area contributed by atoms with Crippen LogP contribution in [0.3, 0.4) is 0 Å². The molecule has 6 heteroatoms. The summed E-state index contributed by atoms with van der Waals surface area (Å²) in [6.45, 7) is 0. The fourth-order valence-corrected chi connectivity index (χ4v) is 2.06. The van der Waals surface area contributed by atoms with Crippen LogP contribution in [-0.4, -0.2) is 15.2 Å². The van der Waals surface area contributed by atoms with Crippen LogP contribution in [0.5, 0.6) is 0 Å². The molecule has 1 aromatic heterocycles. The molecule has 0 unspecified atom stereocenters. The van der Waals surface area contributed by atoms with E-state index in [0.717, 1.165) is 16.8 Å². The van der Waals surface area contributed by atoms with E-state index in [4.69, 9.17) is 22.5 Å². The maximum Gasteiger partial charge on any atom is 0.280 e. The van der Waals surface area contributed by atoms with Gasteiger partial charge in [0.25, 0.3) is 5.91 Å². The molecule has 0 spiro atoms. The Morgan fingerprint density at radius 2 is 2.43 bits per heavy atom. The highest BCUT2D eigenvalue weighted by Gasteiger charge is 2.29. The first-order chi connectivity index (χ1) is 6.68. The second kappa shape index (κ2) is 3.56. The van der Waals surface area contributed by atoms with Gasteiger partial charge < -0.3 is 4.42 Å². The van der Waals surface area contributed by atoms with Crippen molar-refractivity contribution in [1.82, 2.24) is 5.01 Å². The molecule has 0 atom stereocenters. The SMILES string of the molecule is NN1C(=O)/C(=C/c2ccco2)SC1=S. The van der Waals surface area contributed by atoms with Crippen molar-refractivity contribution in [3.63, 3.8) is 0 Å². The van der Waals surface area contributed by atoms with E-state index in [-0.39, 0.29) is 5.91 Å². The number of thioether (sulfide) groups is 1. The Balaban J connectivity index is 2.29. The van der Waals surface area contributed by atoms with Gasteiger partial charge >= 0.3 is 0 Å². The van der Waals surface area contributed by atoms with Crippen LogP contribution in [0.2, 0.25) is 0 Å². The normalized spacial score (nSPS) is 19.8. The van der Waals surface area contributed by atoms with Gasteiger partial charge in [0.1, 0.15) is 5.76 Å². The summed E-state index contributed by atoms with van der Waals surface area (Å²) in [6.07, 6.45) is 3.15. The molecule has 2 heterocycles. The summed E-state index contributed by atoms with van der Waals surface area (Å²) in [5.41, 5.74) is 0. The van der Waals surface area contributed by atoms with Gasteiger partial charge in [-0.1, -0.05) is 24.0 Å². The van der Waals surface area contributed by atoms with E-state index in [0.29, 0.717) is 15.0 Å². The number of hydrogen-bond donors (Lipinski definition) is 1. The summed E-state index contributed by atoms with van der Waals surface area (Å²) in [5.74, 6) is 5.71. The number of nitrogens with two attached hydrogens (primary N) is 1. The van der Waals surface area contributed by atoms with Crippen LogP contribution in [0.25, 0.3) is 6.08 Å². The first-order valence-electron chi connectivity index (χ1n) is 3.74. The minimum atomic E-state index is -0.295. The molecule has 2 rings (SSSR count). The van der Waals surface area contributed by atoms with Crippen LogP contribution < -0.4 is 5.84 Å². The summed E-state index contributed by atoms with van der Waals surface area (Å²) in [5, 5.41) is 0.953. The number of carbonyl (C=O) groups excluding carboxylic acids is 1. The molecule has 4 nitrogen and oxygen atoms in total. The van der Waals surface area contributed by atoms with Crippen LogP contribution in [0.1, 0.15) is 5.76 Å². The summed E-state index contributed by atoms with van der Waals surface area (Å²) in [4.78, 5) is 11.9. The Morgan fingerprint density at radius 1 is 1.64 bits per heavy atom. The molecule has 1 aromatic rings. The Kier molecular flexibility index (Phi) is 2.40. The van der Waals surface area contributed by atoms with Crippen LogP contribution in [0.4, 0.5) is 0 Å². The number of hydrogen-bond acceptors (Lipinski definition) is 5. The van der Waals surface area contributed by atoms with Crippen molar-refractivity contribution in [2.45, 2.75) is 0 Å². The molecule has 1 amide bonds. The third-order valence-corrected chi connectivity index (χ3v) is 2.97. The second-order valence-electron chi connectivity index (χ2n) is 2.57. The number of amides is 1. The van der Waals surface area contributed by atoms with Crippen molar-refractivity contribution in [1.29, 1.82) is 0 Å². The van der Waals surface area contributed by atoms with E-state index in [9.17, 15) is 4.79 Å². The summed E-state index contributed by atoms with van der Waals surface area (Å²) >= 11 is 6.03. The summed E-state index contributed by atoms with van der Waals surface area (Å²) in [7, 11) is 0. The average molecular weight is 226 g/mol. The lowest BCUT2D eigenvalue weighted by Crippen LogP contribution is -2.34. The summed E-state index contributed by atoms with van der Waals surface area (Å²) in [6, 6.07) is 3.50. The molecule has 1 aliphatic heterocycles. The Labute approximate surface area is 89.7 Å². The molecular formula is C8H6N2O2S2. The summed E-state index contributed by atoms with van der Waals surface area (Å²) < 4.78 is 5.42. The van der Waals surface area contributed by atoms with Gasteiger partial charge in [0.15, 0.2) is 4.32 Å². The third-order valence-electron chi connectivity index (χ3n) is 1.64. The van der Waals surface area contributed by atoms with Gasteiger partial charge in [-0.2, -0.15) is 0 Å². The minimum absolute atomic E-state index is 0.295. The molecule has 72 valence electrons. The number of rotatable bonds is 1. The van der Waals surface area contributed by atoms with E-state index in [1.165, 1.54) is 6.26 Å². The topological polar surface area (TPSA) is 59.5 Å². The lowest BCUT2D eigenvalue weighted by Gasteiger charge is -2.02. The van der Waals surface area contributed by atoms with Gasteiger partial charge in [0.2, 0.25) is 0 Å². The smallest absolute Gasteiger partial charge is 0.280 e. The molecular weight excluding hydrogens is 220 g/mol. The van der Waals surface area contributed by atoms with Crippen molar-refractivity contribution in [3.05, 3.63) is 29.1 Å². The van der Waals surface area contributed by atoms with Gasteiger partial charge in [-0.25, -0.2) is 10.9 Å². The van der Waals surface area contributed by atoms with Crippen molar-refractivity contribution < 1.29 is 9.21 Å². The first kappa shape index (κ1) is 9.45. The maximum atomic E-state index is 11.4. The van der Waals surface area contributed by atoms with E-state index in [2.05, 4.69) is 0 Å². The van der Waals surface area contributed by atoms with Gasteiger partial charge in [-0.15, -0.1) is 0 Å². The lowest BCUT2D eigenvalue weighted by molar-refractivity contribution is -0.122. The molecule has 1 saturated heterocycles. The van der Waals surface area contributed by atoms with E-state index < -0.39 is 0 Å². The molecule has 0 aliphatic carbocycles. The van der Waals surface area contributed by atoms with Gasteiger partial charge in [-0.05, 0) is 12.1 Å². The monoisotopic (exact) mass is 226 g/mol. The Hall–Kier alpha value is -1.11. The Bertz CT molecular complexity index is 411. The average Bonchev–Trinajstić information content (AvgIpc) is 2.73. The molecule has 1 aliphatic rings. The maximum absolute atomic E-state index is 11.4. The van der Waals surface area contributed by atoms with Crippen molar-refractivity contribution in [2.24, 2.45) is 5.84 Å². The predicted octanol–water partition coefficient (Wildman–Crippen LogP) is 1.35. The van der Waals surface area contributed by atoms with Crippen LogP contribution in [0.15, 0.2) is 27.7 Å². The minimum Gasteiger partial charge on any atom is -0.465 e. The van der Waals surface area contributed by atoms with E-state index >= 15 is 0 Å². The largest absolute Gasteiger partial charge is 0.465 e. The standard InChI is InChI=1S/C8H6N2O2S2/c9-10-7(11)6(14-8(10)13)4-5-2-1-3-12-5/h1-4H,9H2/b6-4-. The second-order valence-corrected chi connectivity index (χ2v) is 4.24. The predicted molar refractivity (Wildman–Crippen MR) is 57.9 cm³/mol. The lowest BCUT2D eigenvalue weighted by atomic mass is 10.4.